The lowest BCUT2D eigenvalue weighted by Crippen LogP contribution is -2.04. The third-order valence-corrected chi connectivity index (χ3v) is 3.55. The Morgan fingerprint density at radius 1 is 1.26 bits per heavy atom. The van der Waals surface area contributed by atoms with Crippen molar-refractivity contribution in [1.29, 1.82) is 0 Å². The highest BCUT2D eigenvalue weighted by Gasteiger charge is 2.11. The molecular weight excluding hydrogens is 298 g/mol. The van der Waals surface area contributed by atoms with Crippen LogP contribution in [-0.4, -0.2) is 27.8 Å². The summed E-state index contributed by atoms with van der Waals surface area (Å²) < 4.78 is 6.34. The normalized spacial score (nSPS) is 10.7. The molecule has 0 bridgehead atoms. The molecule has 0 atom stereocenters. The number of methoxy groups -OCH3 is 1. The van der Waals surface area contributed by atoms with Gasteiger partial charge in [-0.05, 0) is 23.8 Å². The second-order valence-electron chi connectivity index (χ2n) is 4.99. The average Bonchev–Trinajstić information content (AvgIpc) is 2.97. The Labute approximate surface area is 131 Å². The fourth-order valence-corrected chi connectivity index (χ4v) is 2.34. The molecule has 0 saturated heterocycles. The van der Waals surface area contributed by atoms with Crippen LogP contribution in [0.5, 0.6) is 0 Å². The van der Waals surface area contributed by atoms with Gasteiger partial charge in [0.1, 0.15) is 0 Å². The quantitative estimate of drug-likeness (QED) is 0.420. The molecule has 1 aromatic heterocycles. The summed E-state index contributed by atoms with van der Waals surface area (Å²) in [6.07, 6.45) is 1.67. The highest BCUT2D eigenvalue weighted by molar-refractivity contribution is 5.89. The van der Waals surface area contributed by atoms with Crippen LogP contribution in [0, 0.1) is 10.1 Å². The molecule has 0 fully saturated rings. The minimum Gasteiger partial charge on any atom is -0.465 e. The van der Waals surface area contributed by atoms with Crippen molar-refractivity contribution in [3.63, 3.8) is 0 Å². The molecule has 0 aliphatic carbocycles. The van der Waals surface area contributed by atoms with Crippen molar-refractivity contribution in [2.24, 2.45) is 0 Å². The predicted molar refractivity (Wildman–Crippen MR) is 83.3 cm³/mol. The Morgan fingerprint density at radius 2 is 2.00 bits per heavy atom. The predicted octanol–water partition coefficient (Wildman–Crippen LogP) is 2.78. The van der Waals surface area contributed by atoms with E-state index in [0.717, 1.165) is 10.9 Å². The van der Waals surface area contributed by atoms with Crippen LogP contribution in [0.1, 0.15) is 15.9 Å². The maximum Gasteiger partial charge on any atom is 0.337 e. The zero-order valence-electron chi connectivity index (χ0n) is 12.3. The van der Waals surface area contributed by atoms with Crippen molar-refractivity contribution in [2.45, 2.75) is 6.54 Å². The summed E-state index contributed by atoms with van der Waals surface area (Å²) >= 11 is 0. The van der Waals surface area contributed by atoms with E-state index in [-0.39, 0.29) is 5.69 Å². The van der Waals surface area contributed by atoms with Crippen molar-refractivity contribution < 1.29 is 14.5 Å². The van der Waals surface area contributed by atoms with Crippen LogP contribution in [0.3, 0.4) is 0 Å². The number of nitro benzene ring substituents is 1. The van der Waals surface area contributed by atoms with Gasteiger partial charge in [-0.15, -0.1) is 0 Å². The van der Waals surface area contributed by atoms with Crippen LogP contribution in [0.15, 0.2) is 48.7 Å². The molecule has 0 amide bonds. The molecule has 23 heavy (non-hydrogen) atoms. The molecule has 116 valence electrons. The molecule has 0 unspecified atom stereocenters. The number of nitrogens with zero attached hydrogens (tertiary/aromatic N) is 3. The Hall–Kier alpha value is -3.22. The van der Waals surface area contributed by atoms with Crippen LogP contribution in [0.2, 0.25) is 0 Å². The number of nitro groups is 1. The van der Waals surface area contributed by atoms with Gasteiger partial charge in [0.05, 0.1) is 35.9 Å². The molecular formula is C16H13N3O4. The summed E-state index contributed by atoms with van der Waals surface area (Å²) in [7, 11) is 1.33. The van der Waals surface area contributed by atoms with Gasteiger partial charge in [0.15, 0.2) is 0 Å². The number of non-ortho nitro benzene ring substituents is 1. The second-order valence-corrected chi connectivity index (χ2v) is 4.99. The maximum absolute atomic E-state index is 11.4. The molecule has 3 rings (SSSR count). The number of aromatic nitrogens is 2. The lowest BCUT2D eigenvalue weighted by molar-refractivity contribution is -0.384. The van der Waals surface area contributed by atoms with Crippen molar-refractivity contribution in [3.05, 3.63) is 69.9 Å². The van der Waals surface area contributed by atoms with Gasteiger partial charge in [0, 0.05) is 17.5 Å². The summed E-state index contributed by atoms with van der Waals surface area (Å²) in [6, 6.07) is 11.6. The average molecular weight is 311 g/mol. The third-order valence-electron chi connectivity index (χ3n) is 3.55. The standard InChI is InChI=1S/C16H13N3O4/c1-23-16(20)12-4-2-11(3-5-12)10-18-15-8-14(19(21)22)7-6-13(15)9-17-18/h2-9H,10H2,1H3. The molecule has 2 aromatic carbocycles. The molecule has 0 radical (unpaired) electrons. The molecule has 0 spiro atoms. The minimum atomic E-state index is -0.429. The first kappa shape index (κ1) is 14.7. The van der Waals surface area contributed by atoms with Gasteiger partial charge >= 0.3 is 5.97 Å². The van der Waals surface area contributed by atoms with E-state index < -0.39 is 10.9 Å². The summed E-state index contributed by atoms with van der Waals surface area (Å²) in [5.41, 5.74) is 2.11. The summed E-state index contributed by atoms with van der Waals surface area (Å²) in [4.78, 5) is 21.9. The molecule has 0 N–H and O–H groups in total. The van der Waals surface area contributed by atoms with Gasteiger partial charge in [-0.3, -0.25) is 14.8 Å². The Morgan fingerprint density at radius 3 is 2.65 bits per heavy atom. The monoisotopic (exact) mass is 311 g/mol. The SMILES string of the molecule is COC(=O)c1ccc(Cn2ncc3ccc([N+](=O)[O-])cc32)cc1. The van der Waals surface area contributed by atoms with E-state index in [4.69, 9.17) is 0 Å². The molecule has 7 nitrogen and oxygen atoms in total. The van der Waals surface area contributed by atoms with E-state index in [1.807, 2.05) is 0 Å². The smallest absolute Gasteiger partial charge is 0.337 e. The molecule has 3 aromatic rings. The van der Waals surface area contributed by atoms with Crippen molar-refractivity contribution in [3.8, 4) is 0 Å². The number of hydrogen-bond donors (Lipinski definition) is 0. The number of rotatable bonds is 4. The molecule has 0 aliphatic heterocycles. The van der Waals surface area contributed by atoms with Gasteiger partial charge in [-0.1, -0.05) is 12.1 Å². The van der Waals surface area contributed by atoms with Crippen LogP contribution in [0.4, 0.5) is 5.69 Å². The summed E-state index contributed by atoms with van der Waals surface area (Å²) in [6.45, 7) is 0.451. The fourth-order valence-electron chi connectivity index (χ4n) is 2.34. The summed E-state index contributed by atoms with van der Waals surface area (Å²) in [5, 5.41) is 16.0. The first-order chi connectivity index (χ1) is 11.1. The first-order valence-corrected chi connectivity index (χ1v) is 6.85. The zero-order chi connectivity index (χ0) is 16.4. The third kappa shape index (κ3) is 2.89. The largest absolute Gasteiger partial charge is 0.465 e. The van der Waals surface area contributed by atoms with E-state index in [9.17, 15) is 14.9 Å². The maximum atomic E-state index is 11.4. The minimum absolute atomic E-state index is 0.0280. The number of carbonyl (C=O) groups is 1. The fraction of sp³-hybridized carbons (Fsp3) is 0.125. The van der Waals surface area contributed by atoms with Crippen molar-refractivity contribution >= 4 is 22.6 Å². The molecule has 0 aliphatic rings. The topological polar surface area (TPSA) is 87.3 Å². The number of hydrogen-bond acceptors (Lipinski definition) is 5. The number of carbonyl (C=O) groups excluding carboxylic acids is 1. The first-order valence-electron chi connectivity index (χ1n) is 6.85. The Kier molecular flexibility index (Phi) is 3.76. The highest BCUT2D eigenvalue weighted by Crippen LogP contribution is 2.21. The lowest BCUT2D eigenvalue weighted by atomic mass is 10.1. The zero-order valence-corrected chi connectivity index (χ0v) is 12.3. The number of esters is 1. The van der Waals surface area contributed by atoms with E-state index in [0.29, 0.717) is 17.6 Å². The van der Waals surface area contributed by atoms with E-state index in [1.54, 1.807) is 41.2 Å². The number of benzene rings is 2. The van der Waals surface area contributed by atoms with Gasteiger partial charge in [0.2, 0.25) is 0 Å². The highest BCUT2D eigenvalue weighted by atomic mass is 16.6. The Balaban J connectivity index is 1.90. The number of fused-ring (bicyclic) bond motifs is 1. The van der Waals surface area contributed by atoms with Crippen molar-refractivity contribution in [1.82, 2.24) is 9.78 Å². The van der Waals surface area contributed by atoms with Crippen LogP contribution in [-0.2, 0) is 11.3 Å². The van der Waals surface area contributed by atoms with Crippen LogP contribution >= 0.6 is 0 Å². The molecule has 7 heteroatoms. The van der Waals surface area contributed by atoms with Crippen LogP contribution < -0.4 is 0 Å². The van der Waals surface area contributed by atoms with Gasteiger partial charge in [0.25, 0.3) is 5.69 Å². The van der Waals surface area contributed by atoms with E-state index in [1.165, 1.54) is 19.2 Å². The van der Waals surface area contributed by atoms with Crippen molar-refractivity contribution in [2.75, 3.05) is 7.11 Å². The van der Waals surface area contributed by atoms with Gasteiger partial charge in [-0.2, -0.15) is 5.10 Å². The second kappa shape index (κ2) is 5.88. The van der Waals surface area contributed by atoms with E-state index >= 15 is 0 Å². The van der Waals surface area contributed by atoms with Gasteiger partial charge in [-0.25, -0.2) is 4.79 Å². The Bertz CT molecular complexity index is 884. The number of ether oxygens (including phenoxy) is 1. The van der Waals surface area contributed by atoms with E-state index in [2.05, 4.69) is 9.84 Å². The molecule has 1 heterocycles. The molecule has 0 saturated carbocycles. The van der Waals surface area contributed by atoms with Crippen LogP contribution in [0.25, 0.3) is 10.9 Å². The summed E-state index contributed by atoms with van der Waals surface area (Å²) in [5.74, 6) is -0.392. The lowest BCUT2D eigenvalue weighted by Gasteiger charge is -2.05. The van der Waals surface area contributed by atoms with Gasteiger partial charge < -0.3 is 4.74 Å².